The minimum absolute atomic E-state index is 0.188. The molecule has 2 aliphatic carbocycles. The standard InChI is InChI=1S/2C25H27N7O2/c2*1-15-27-14-32(31-15)21-11-8-17(13-22(21)34-4)28-25-29-23-19(9-10-20(23)24(26-2)30-25)16-6-5-7-18(12-16)33-3/h2*5-8,11-14,19H,9-10H2,1-4H3,(H2,26,28,29,30)/t2*19-/m10/s1. The van der Waals surface area contributed by atoms with Gasteiger partial charge in [-0.2, -0.15) is 20.2 Å². The number of rotatable bonds is 14. The van der Waals surface area contributed by atoms with Gasteiger partial charge in [-0.3, -0.25) is 0 Å². The third-order valence-corrected chi connectivity index (χ3v) is 12.1. The predicted octanol–water partition coefficient (Wildman–Crippen LogP) is 8.49. The zero-order chi connectivity index (χ0) is 47.3. The van der Waals surface area contributed by atoms with Crippen LogP contribution >= 0.6 is 0 Å². The highest BCUT2D eigenvalue weighted by Gasteiger charge is 2.31. The van der Waals surface area contributed by atoms with Gasteiger partial charge in [0.25, 0.3) is 0 Å². The predicted molar refractivity (Wildman–Crippen MR) is 261 cm³/mol. The average molecular weight is 915 g/mol. The Kier molecular flexibility index (Phi) is 13.0. The topological polar surface area (TPSA) is 198 Å². The Hall–Kier alpha value is -8.28. The average Bonchev–Trinajstić information content (AvgIpc) is 4.21. The fourth-order valence-electron chi connectivity index (χ4n) is 8.88. The Bertz CT molecular complexity index is 2870. The number of anilines is 6. The van der Waals surface area contributed by atoms with Crippen LogP contribution in [-0.4, -0.2) is 92.0 Å². The zero-order valence-electron chi connectivity index (χ0n) is 39.3. The first-order valence-corrected chi connectivity index (χ1v) is 22.3. The van der Waals surface area contributed by atoms with Crippen molar-refractivity contribution in [2.45, 2.75) is 51.4 Å². The van der Waals surface area contributed by atoms with E-state index < -0.39 is 0 Å². The molecule has 0 fully saturated rings. The van der Waals surface area contributed by atoms with Crippen molar-refractivity contribution in [3.63, 3.8) is 0 Å². The summed E-state index contributed by atoms with van der Waals surface area (Å²) in [5.41, 5.74) is 10.0. The molecule has 0 saturated carbocycles. The second-order valence-electron chi connectivity index (χ2n) is 16.3. The number of methoxy groups -OCH3 is 4. The van der Waals surface area contributed by atoms with E-state index in [2.05, 4.69) is 65.7 Å². The van der Waals surface area contributed by atoms with Crippen LogP contribution in [0.15, 0.2) is 97.6 Å². The first kappa shape index (κ1) is 44.9. The van der Waals surface area contributed by atoms with Crippen LogP contribution in [-0.2, 0) is 12.8 Å². The Labute approximate surface area is 394 Å². The van der Waals surface area contributed by atoms with E-state index in [9.17, 15) is 0 Å². The number of aryl methyl sites for hydroxylation is 2. The fraction of sp³-hybridized carbons (Fsp3) is 0.280. The van der Waals surface area contributed by atoms with Gasteiger partial charge in [-0.25, -0.2) is 29.3 Å². The molecule has 10 rings (SSSR count). The highest BCUT2D eigenvalue weighted by atomic mass is 16.5. The number of aromatic nitrogens is 10. The van der Waals surface area contributed by atoms with Gasteiger partial charge in [0.1, 0.15) is 70.3 Å². The van der Waals surface area contributed by atoms with Crippen LogP contribution in [0.1, 0.15) is 70.0 Å². The van der Waals surface area contributed by atoms with Gasteiger partial charge in [-0.1, -0.05) is 24.3 Å². The van der Waals surface area contributed by atoms with E-state index in [-0.39, 0.29) is 11.8 Å². The monoisotopic (exact) mass is 914 g/mol. The second kappa shape index (κ2) is 19.7. The number of nitrogens with one attached hydrogen (secondary N) is 4. The lowest BCUT2D eigenvalue weighted by molar-refractivity contribution is 0.412. The quantitative estimate of drug-likeness (QED) is 0.0809. The summed E-state index contributed by atoms with van der Waals surface area (Å²) in [6.45, 7) is 3.70. The van der Waals surface area contributed by atoms with Crippen LogP contribution in [0, 0.1) is 13.8 Å². The maximum atomic E-state index is 5.61. The minimum atomic E-state index is 0.188. The van der Waals surface area contributed by atoms with Crippen molar-refractivity contribution in [2.75, 3.05) is 63.8 Å². The summed E-state index contributed by atoms with van der Waals surface area (Å²) in [5.74, 6) is 7.55. The summed E-state index contributed by atoms with van der Waals surface area (Å²) >= 11 is 0. The molecule has 0 bridgehead atoms. The molecule has 0 unspecified atom stereocenters. The molecule has 4 N–H and O–H groups in total. The number of nitrogens with zero attached hydrogens (tertiary/aromatic N) is 10. The van der Waals surface area contributed by atoms with Gasteiger partial charge < -0.3 is 40.2 Å². The van der Waals surface area contributed by atoms with Crippen molar-refractivity contribution in [3.8, 4) is 34.4 Å². The Morgan fingerprint density at radius 2 is 0.971 bits per heavy atom. The maximum Gasteiger partial charge on any atom is 0.229 e. The van der Waals surface area contributed by atoms with E-state index in [1.165, 1.54) is 11.1 Å². The van der Waals surface area contributed by atoms with Gasteiger partial charge in [0.2, 0.25) is 11.9 Å². The van der Waals surface area contributed by atoms with E-state index in [0.29, 0.717) is 35.0 Å². The van der Waals surface area contributed by atoms with E-state index in [1.807, 2.05) is 88.6 Å². The van der Waals surface area contributed by atoms with Gasteiger partial charge in [0, 0.05) is 60.6 Å². The van der Waals surface area contributed by atoms with Gasteiger partial charge in [-0.05, 0) is 99.2 Å². The normalized spacial score (nSPS) is 14.5. The molecule has 4 heterocycles. The first-order chi connectivity index (χ1) is 33.2. The molecule has 68 heavy (non-hydrogen) atoms. The SMILES string of the molecule is CNc1nc(Nc2ccc(-n3cnc(C)n3)c(OC)c2)nc2c1CC[C@@H]2c1cccc(OC)c1.CNc1nc(Nc2ccc(-n3cnc(C)n3)c(OC)c2)nc2c1CC[C@H]2c1cccc(OC)c1. The number of ether oxygens (including phenoxy) is 4. The lowest BCUT2D eigenvalue weighted by Crippen LogP contribution is -2.08. The highest BCUT2D eigenvalue weighted by molar-refractivity contribution is 5.66. The lowest BCUT2D eigenvalue weighted by atomic mass is 9.96. The third-order valence-electron chi connectivity index (χ3n) is 12.1. The summed E-state index contributed by atoms with van der Waals surface area (Å²) in [6, 6.07) is 28.0. The Morgan fingerprint density at radius 3 is 1.34 bits per heavy atom. The summed E-state index contributed by atoms with van der Waals surface area (Å²) in [6.07, 6.45) is 7.15. The van der Waals surface area contributed by atoms with Gasteiger partial charge in [-0.15, -0.1) is 0 Å². The number of hydrogen-bond donors (Lipinski definition) is 4. The first-order valence-electron chi connectivity index (χ1n) is 22.3. The molecule has 0 aliphatic heterocycles. The molecule has 0 amide bonds. The molecule has 8 aromatic rings. The van der Waals surface area contributed by atoms with E-state index >= 15 is 0 Å². The van der Waals surface area contributed by atoms with Gasteiger partial charge in [0.15, 0.2) is 0 Å². The van der Waals surface area contributed by atoms with E-state index in [4.69, 9.17) is 38.9 Å². The number of hydrogen-bond acceptors (Lipinski definition) is 16. The summed E-state index contributed by atoms with van der Waals surface area (Å²) in [5, 5.41) is 21.9. The molecule has 18 heteroatoms. The Balaban J connectivity index is 0.000000170. The molecule has 2 aliphatic rings. The Morgan fingerprint density at radius 1 is 0.529 bits per heavy atom. The fourth-order valence-corrected chi connectivity index (χ4v) is 8.88. The van der Waals surface area contributed by atoms with Crippen LogP contribution < -0.4 is 40.2 Å². The van der Waals surface area contributed by atoms with Crippen molar-refractivity contribution >= 4 is 34.9 Å². The largest absolute Gasteiger partial charge is 0.497 e. The molecule has 4 aromatic heterocycles. The highest BCUT2D eigenvalue weighted by Crippen LogP contribution is 2.43. The van der Waals surface area contributed by atoms with Crippen LogP contribution in [0.2, 0.25) is 0 Å². The van der Waals surface area contributed by atoms with Crippen molar-refractivity contribution in [1.82, 2.24) is 49.5 Å². The molecule has 348 valence electrons. The lowest BCUT2D eigenvalue weighted by Gasteiger charge is -2.16. The molecule has 18 nitrogen and oxygen atoms in total. The van der Waals surface area contributed by atoms with Gasteiger partial charge >= 0.3 is 0 Å². The van der Waals surface area contributed by atoms with E-state index in [0.717, 1.165) is 94.1 Å². The molecule has 4 aromatic carbocycles. The molecule has 0 radical (unpaired) electrons. The van der Waals surface area contributed by atoms with Crippen LogP contribution in [0.3, 0.4) is 0 Å². The second-order valence-corrected chi connectivity index (χ2v) is 16.3. The molecule has 0 spiro atoms. The maximum absolute atomic E-state index is 5.61. The molecular weight excluding hydrogens is 861 g/mol. The summed E-state index contributed by atoms with van der Waals surface area (Å²) in [4.78, 5) is 27.7. The van der Waals surface area contributed by atoms with Crippen molar-refractivity contribution < 1.29 is 18.9 Å². The summed E-state index contributed by atoms with van der Waals surface area (Å²) < 4.78 is 25.5. The number of benzene rings is 4. The van der Waals surface area contributed by atoms with Crippen LogP contribution in [0.4, 0.5) is 34.9 Å². The van der Waals surface area contributed by atoms with Crippen molar-refractivity contribution in [2.24, 2.45) is 0 Å². The minimum Gasteiger partial charge on any atom is -0.497 e. The molecule has 2 atom stereocenters. The molecule has 0 saturated heterocycles. The summed E-state index contributed by atoms with van der Waals surface area (Å²) in [7, 11) is 10.4. The smallest absolute Gasteiger partial charge is 0.229 e. The molecular formula is C50H54N14O4. The van der Waals surface area contributed by atoms with Crippen molar-refractivity contribution in [3.05, 3.63) is 143 Å². The zero-order valence-corrected chi connectivity index (χ0v) is 39.3. The van der Waals surface area contributed by atoms with Crippen LogP contribution in [0.25, 0.3) is 11.4 Å². The van der Waals surface area contributed by atoms with E-state index in [1.54, 1.807) is 50.5 Å². The van der Waals surface area contributed by atoms with Crippen LogP contribution in [0.5, 0.6) is 23.0 Å². The van der Waals surface area contributed by atoms with Gasteiger partial charge in [0.05, 0.1) is 39.8 Å². The number of fused-ring (bicyclic) bond motifs is 2. The third kappa shape index (κ3) is 9.25. The van der Waals surface area contributed by atoms with Crippen molar-refractivity contribution in [1.29, 1.82) is 0 Å².